The van der Waals surface area contributed by atoms with Crippen LogP contribution in [-0.4, -0.2) is 24.5 Å². The van der Waals surface area contributed by atoms with Crippen LogP contribution in [0.25, 0.3) is 0 Å². The molecule has 1 aromatic carbocycles. The van der Waals surface area contributed by atoms with E-state index in [2.05, 4.69) is 11.4 Å². The number of aldehydes is 1. The Morgan fingerprint density at radius 3 is 2.72 bits per heavy atom. The van der Waals surface area contributed by atoms with Gasteiger partial charge in [-0.05, 0) is 31.0 Å². The summed E-state index contributed by atoms with van der Waals surface area (Å²) in [7, 11) is 0. The highest BCUT2D eigenvalue weighted by Gasteiger charge is 2.02. The molecule has 96 valence electrons. The van der Waals surface area contributed by atoms with E-state index in [1.165, 1.54) is 0 Å². The second-order valence-corrected chi connectivity index (χ2v) is 4.10. The minimum Gasteiger partial charge on any atom is -0.396 e. The molecule has 1 aromatic rings. The van der Waals surface area contributed by atoms with Crippen molar-refractivity contribution >= 4 is 12.0 Å². The third kappa shape index (κ3) is 4.56. The lowest BCUT2D eigenvalue weighted by Gasteiger charge is -2.08. The van der Waals surface area contributed by atoms with Crippen LogP contribution < -0.4 is 5.32 Å². The van der Waals surface area contributed by atoms with Crippen molar-refractivity contribution < 1.29 is 9.90 Å². The van der Waals surface area contributed by atoms with Crippen molar-refractivity contribution in [3.63, 3.8) is 0 Å². The van der Waals surface area contributed by atoms with Crippen LogP contribution >= 0.6 is 0 Å². The number of aliphatic hydroxyl groups excluding tert-OH is 1. The van der Waals surface area contributed by atoms with Gasteiger partial charge in [-0.15, -0.1) is 0 Å². The highest BCUT2D eigenvalue weighted by Crippen LogP contribution is 2.16. The number of hydrogen-bond acceptors (Lipinski definition) is 4. The van der Waals surface area contributed by atoms with E-state index in [4.69, 9.17) is 10.4 Å². The molecule has 0 atom stereocenters. The Balaban J connectivity index is 2.42. The second kappa shape index (κ2) is 8.26. The van der Waals surface area contributed by atoms with Gasteiger partial charge in [0, 0.05) is 18.7 Å². The van der Waals surface area contributed by atoms with Crippen LogP contribution in [0.3, 0.4) is 0 Å². The lowest BCUT2D eigenvalue weighted by atomic mass is 10.1. The molecule has 0 spiro atoms. The first-order valence-electron chi connectivity index (χ1n) is 6.16. The summed E-state index contributed by atoms with van der Waals surface area (Å²) in [6.45, 7) is 1.04. The quantitative estimate of drug-likeness (QED) is 0.545. The Morgan fingerprint density at radius 2 is 2.06 bits per heavy atom. The van der Waals surface area contributed by atoms with Crippen LogP contribution in [0, 0.1) is 11.3 Å². The SMILES string of the molecule is N#Cc1cc(C=O)ccc1NCCCCCCO. The van der Waals surface area contributed by atoms with Gasteiger partial charge >= 0.3 is 0 Å². The van der Waals surface area contributed by atoms with Gasteiger partial charge in [0.05, 0.1) is 11.3 Å². The molecule has 1 rings (SSSR count). The Morgan fingerprint density at radius 1 is 1.28 bits per heavy atom. The van der Waals surface area contributed by atoms with Gasteiger partial charge in [0.1, 0.15) is 12.4 Å². The monoisotopic (exact) mass is 246 g/mol. The number of nitrogens with zero attached hydrogens (tertiary/aromatic N) is 1. The van der Waals surface area contributed by atoms with Gasteiger partial charge in [0.2, 0.25) is 0 Å². The van der Waals surface area contributed by atoms with Crippen molar-refractivity contribution in [2.45, 2.75) is 25.7 Å². The minimum absolute atomic E-state index is 0.249. The predicted octanol–water partition coefficient (Wildman–Crippen LogP) is 2.34. The molecular formula is C14H18N2O2. The van der Waals surface area contributed by atoms with Gasteiger partial charge in [0.15, 0.2) is 0 Å². The average molecular weight is 246 g/mol. The van der Waals surface area contributed by atoms with Crippen LogP contribution in [0.15, 0.2) is 18.2 Å². The topological polar surface area (TPSA) is 73.1 Å². The maximum Gasteiger partial charge on any atom is 0.150 e. The van der Waals surface area contributed by atoms with E-state index in [9.17, 15) is 4.79 Å². The maximum atomic E-state index is 10.6. The Bertz CT molecular complexity index is 424. The number of carbonyl (C=O) groups excluding carboxylic acids is 1. The lowest BCUT2D eigenvalue weighted by molar-refractivity contribution is 0.112. The summed E-state index contributed by atoms with van der Waals surface area (Å²) < 4.78 is 0. The van der Waals surface area contributed by atoms with Gasteiger partial charge in [-0.3, -0.25) is 4.79 Å². The summed E-state index contributed by atoms with van der Waals surface area (Å²) in [5.74, 6) is 0. The number of nitrogens with one attached hydrogen (secondary N) is 1. The summed E-state index contributed by atoms with van der Waals surface area (Å²) in [4.78, 5) is 10.6. The van der Waals surface area contributed by atoms with E-state index in [1.54, 1.807) is 18.2 Å². The van der Waals surface area contributed by atoms with Crippen LogP contribution in [0.5, 0.6) is 0 Å². The fraction of sp³-hybridized carbons (Fsp3) is 0.429. The fourth-order valence-electron chi connectivity index (χ4n) is 1.70. The van der Waals surface area contributed by atoms with Gasteiger partial charge in [-0.2, -0.15) is 5.26 Å². The number of carbonyl (C=O) groups is 1. The number of benzene rings is 1. The molecule has 0 aliphatic heterocycles. The molecule has 0 bridgehead atoms. The molecule has 0 heterocycles. The van der Waals surface area contributed by atoms with E-state index >= 15 is 0 Å². The molecule has 0 fully saturated rings. The summed E-state index contributed by atoms with van der Waals surface area (Å²) in [5.41, 5.74) is 1.78. The van der Waals surface area contributed by atoms with Gasteiger partial charge in [-0.1, -0.05) is 12.8 Å². The van der Waals surface area contributed by atoms with Crippen LogP contribution in [0.2, 0.25) is 0 Å². The normalized spacial score (nSPS) is 9.78. The molecule has 0 radical (unpaired) electrons. The van der Waals surface area contributed by atoms with Gasteiger partial charge < -0.3 is 10.4 Å². The predicted molar refractivity (Wildman–Crippen MR) is 70.6 cm³/mol. The molecule has 4 heteroatoms. The smallest absolute Gasteiger partial charge is 0.150 e. The standard InChI is InChI=1S/C14H18N2O2/c15-10-13-9-12(11-18)5-6-14(13)16-7-3-1-2-4-8-17/h5-6,9,11,16-17H,1-4,7-8H2. The molecule has 0 saturated heterocycles. The number of nitriles is 1. The zero-order valence-corrected chi connectivity index (χ0v) is 10.4. The van der Waals surface area contributed by atoms with E-state index in [-0.39, 0.29) is 6.61 Å². The molecule has 0 amide bonds. The summed E-state index contributed by atoms with van der Waals surface area (Å²) in [6, 6.07) is 7.12. The molecule has 0 saturated carbocycles. The number of hydrogen-bond donors (Lipinski definition) is 2. The molecule has 2 N–H and O–H groups in total. The van der Waals surface area contributed by atoms with Crippen molar-refractivity contribution in [1.82, 2.24) is 0 Å². The molecule has 0 aliphatic carbocycles. The van der Waals surface area contributed by atoms with Gasteiger partial charge in [-0.25, -0.2) is 0 Å². The summed E-state index contributed by atoms with van der Waals surface area (Å²) >= 11 is 0. The second-order valence-electron chi connectivity index (χ2n) is 4.10. The summed E-state index contributed by atoms with van der Waals surface area (Å²) in [6.07, 6.45) is 4.66. The number of unbranched alkanes of at least 4 members (excludes halogenated alkanes) is 3. The average Bonchev–Trinajstić information content (AvgIpc) is 2.42. The van der Waals surface area contributed by atoms with Crippen molar-refractivity contribution in [3.05, 3.63) is 29.3 Å². The first-order valence-corrected chi connectivity index (χ1v) is 6.16. The van der Waals surface area contributed by atoms with Crippen molar-refractivity contribution in [2.24, 2.45) is 0 Å². The van der Waals surface area contributed by atoms with Crippen molar-refractivity contribution in [1.29, 1.82) is 5.26 Å². The third-order valence-corrected chi connectivity index (χ3v) is 2.70. The zero-order valence-electron chi connectivity index (χ0n) is 10.4. The third-order valence-electron chi connectivity index (χ3n) is 2.70. The highest BCUT2D eigenvalue weighted by atomic mass is 16.2. The molecule has 0 aromatic heterocycles. The van der Waals surface area contributed by atoms with Gasteiger partial charge in [0.25, 0.3) is 0 Å². The minimum atomic E-state index is 0.249. The first kappa shape index (κ1) is 14.2. The molecule has 0 unspecified atom stereocenters. The molecule has 18 heavy (non-hydrogen) atoms. The Labute approximate surface area is 107 Å². The number of anilines is 1. The van der Waals surface area contributed by atoms with Crippen LogP contribution in [0.1, 0.15) is 41.6 Å². The van der Waals surface area contributed by atoms with Crippen LogP contribution in [0.4, 0.5) is 5.69 Å². The first-order chi connectivity index (χ1) is 8.81. The van der Waals surface area contributed by atoms with Crippen molar-refractivity contribution in [2.75, 3.05) is 18.5 Å². The van der Waals surface area contributed by atoms with E-state index in [1.807, 2.05) is 0 Å². The van der Waals surface area contributed by atoms with E-state index in [0.29, 0.717) is 11.1 Å². The van der Waals surface area contributed by atoms with Crippen molar-refractivity contribution in [3.8, 4) is 6.07 Å². The molecule has 4 nitrogen and oxygen atoms in total. The van der Waals surface area contributed by atoms with E-state index < -0.39 is 0 Å². The molecular weight excluding hydrogens is 228 g/mol. The summed E-state index contributed by atoms with van der Waals surface area (Å²) in [5, 5.41) is 20.8. The van der Waals surface area contributed by atoms with Crippen LogP contribution in [-0.2, 0) is 0 Å². The molecule has 0 aliphatic rings. The zero-order chi connectivity index (χ0) is 13.2. The van der Waals surface area contributed by atoms with E-state index in [0.717, 1.165) is 44.2 Å². The number of aliphatic hydroxyl groups is 1. The Hall–Kier alpha value is -1.86. The maximum absolute atomic E-state index is 10.6. The lowest BCUT2D eigenvalue weighted by Crippen LogP contribution is -2.03. The largest absolute Gasteiger partial charge is 0.396 e. The number of rotatable bonds is 8. The fourth-order valence-corrected chi connectivity index (χ4v) is 1.70. The highest BCUT2D eigenvalue weighted by molar-refractivity contribution is 5.77. The Kier molecular flexibility index (Phi) is 6.52.